The van der Waals surface area contributed by atoms with Crippen molar-refractivity contribution in [2.45, 2.75) is 52.1 Å². The largest absolute Gasteiger partial charge is 0.443 e. The average molecular weight is 413 g/mol. The minimum absolute atomic E-state index is 0.0514. The van der Waals surface area contributed by atoms with E-state index >= 15 is 0 Å². The molecule has 152 valence electrons. The van der Waals surface area contributed by atoms with E-state index in [-0.39, 0.29) is 18.5 Å². The molecule has 1 aliphatic rings. The second kappa shape index (κ2) is 8.41. The quantitative estimate of drug-likeness (QED) is 0.619. The average Bonchev–Trinajstić information content (AvgIpc) is 3.27. The molecule has 1 saturated heterocycles. The number of benzene rings is 1. The van der Waals surface area contributed by atoms with E-state index in [2.05, 4.69) is 10.1 Å². The molecule has 0 unspecified atom stereocenters. The Morgan fingerprint density at radius 2 is 2.14 bits per heavy atom. The zero-order chi connectivity index (χ0) is 20.4. The maximum absolute atomic E-state index is 13.0. The highest BCUT2D eigenvalue weighted by molar-refractivity contribution is 6.30. The van der Waals surface area contributed by atoms with Gasteiger partial charge < -0.3 is 9.32 Å². The summed E-state index contributed by atoms with van der Waals surface area (Å²) in [5.41, 5.74) is 2.98. The number of piperidine rings is 1. The monoisotopic (exact) mass is 412 g/mol. The summed E-state index contributed by atoms with van der Waals surface area (Å²) in [5.74, 6) is 1.44. The Labute approximate surface area is 175 Å². The van der Waals surface area contributed by atoms with Crippen LogP contribution in [0.25, 0.3) is 0 Å². The molecule has 6 nitrogen and oxygen atoms in total. The van der Waals surface area contributed by atoms with Crippen LogP contribution in [0.5, 0.6) is 0 Å². The van der Waals surface area contributed by atoms with Gasteiger partial charge in [-0.25, -0.2) is 4.98 Å². The van der Waals surface area contributed by atoms with Crippen LogP contribution in [0.2, 0.25) is 5.02 Å². The van der Waals surface area contributed by atoms with Gasteiger partial charge in [-0.3, -0.25) is 9.48 Å². The number of aromatic nitrogens is 3. The maximum Gasteiger partial charge on any atom is 0.244 e. The standard InChI is InChI=1S/C22H25ClN4O2/c1-15-10-16(2)27(25-15)14-21(28)26-9-4-3-8-20(26)22-24-13-19(29-22)12-17-6-5-7-18(23)11-17/h5-7,10-11,13,20H,3-4,8-9,12,14H2,1-2H3/t20-/m0/s1. The molecular weight excluding hydrogens is 388 g/mol. The molecule has 29 heavy (non-hydrogen) atoms. The van der Waals surface area contributed by atoms with E-state index in [1.165, 1.54) is 0 Å². The van der Waals surface area contributed by atoms with Gasteiger partial charge in [-0.2, -0.15) is 5.10 Å². The van der Waals surface area contributed by atoms with Crippen molar-refractivity contribution in [3.05, 3.63) is 70.2 Å². The number of amides is 1. The van der Waals surface area contributed by atoms with Gasteiger partial charge in [0.25, 0.3) is 0 Å². The number of halogens is 1. The zero-order valence-corrected chi connectivity index (χ0v) is 17.5. The number of carbonyl (C=O) groups excluding carboxylic acids is 1. The zero-order valence-electron chi connectivity index (χ0n) is 16.8. The van der Waals surface area contributed by atoms with Crippen LogP contribution in [0.3, 0.4) is 0 Å². The number of carbonyl (C=O) groups is 1. The van der Waals surface area contributed by atoms with E-state index < -0.39 is 0 Å². The van der Waals surface area contributed by atoms with Crippen molar-refractivity contribution in [1.29, 1.82) is 0 Å². The van der Waals surface area contributed by atoms with E-state index in [1.54, 1.807) is 10.9 Å². The van der Waals surface area contributed by atoms with E-state index in [4.69, 9.17) is 16.0 Å². The van der Waals surface area contributed by atoms with E-state index in [0.29, 0.717) is 17.3 Å². The molecule has 1 fully saturated rings. The van der Waals surface area contributed by atoms with Crippen LogP contribution in [-0.2, 0) is 17.8 Å². The third-order valence-corrected chi connectivity index (χ3v) is 5.57. The maximum atomic E-state index is 13.0. The molecule has 0 radical (unpaired) electrons. The predicted molar refractivity (Wildman–Crippen MR) is 111 cm³/mol. The summed E-state index contributed by atoms with van der Waals surface area (Å²) in [6.07, 6.45) is 5.30. The summed E-state index contributed by atoms with van der Waals surface area (Å²) >= 11 is 6.07. The van der Waals surface area contributed by atoms with Gasteiger partial charge in [-0.05, 0) is 56.9 Å². The Hall–Kier alpha value is -2.60. The summed E-state index contributed by atoms with van der Waals surface area (Å²) in [5, 5.41) is 5.12. The lowest BCUT2D eigenvalue weighted by Crippen LogP contribution is -2.40. The highest BCUT2D eigenvalue weighted by atomic mass is 35.5. The number of oxazole rings is 1. The fourth-order valence-corrected chi connectivity index (χ4v) is 4.16. The number of aryl methyl sites for hydroxylation is 2. The number of rotatable bonds is 5. The smallest absolute Gasteiger partial charge is 0.244 e. The van der Waals surface area contributed by atoms with Gasteiger partial charge >= 0.3 is 0 Å². The van der Waals surface area contributed by atoms with E-state index in [1.807, 2.05) is 49.1 Å². The lowest BCUT2D eigenvalue weighted by Gasteiger charge is -2.33. The normalized spacial score (nSPS) is 16.9. The van der Waals surface area contributed by atoms with Crippen LogP contribution in [0.1, 0.15) is 53.9 Å². The molecule has 2 aromatic heterocycles. The summed E-state index contributed by atoms with van der Waals surface area (Å²) in [7, 11) is 0. The Bertz CT molecular complexity index is 1010. The summed E-state index contributed by atoms with van der Waals surface area (Å²) in [6, 6.07) is 9.58. The Morgan fingerprint density at radius 1 is 1.28 bits per heavy atom. The van der Waals surface area contributed by atoms with Crippen molar-refractivity contribution < 1.29 is 9.21 Å². The van der Waals surface area contributed by atoms with Crippen LogP contribution >= 0.6 is 11.6 Å². The SMILES string of the molecule is Cc1cc(C)n(CC(=O)N2CCCC[C@H]2c2ncc(Cc3cccc(Cl)c3)o2)n1. The van der Waals surface area contributed by atoms with Gasteiger partial charge in [0.1, 0.15) is 18.3 Å². The molecule has 0 saturated carbocycles. The molecule has 0 aliphatic carbocycles. The van der Waals surface area contributed by atoms with Crippen molar-refractivity contribution in [2.75, 3.05) is 6.54 Å². The Morgan fingerprint density at radius 3 is 2.90 bits per heavy atom. The fraction of sp³-hybridized carbons (Fsp3) is 0.409. The second-order valence-electron chi connectivity index (χ2n) is 7.65. The molecule has 0 N–H and O–H groups in total. The van der Waals surface area contributed by atoms with Crippen LogP contribution < -0.4 is 0 Å². The first kappa shape index (κ1) is 19.7. The highest BCUT2D eigenvalue weighted by Gasteiger charge is 2.31. The van der Waals surface area contributed by atoms with Gasteiger partial charge in [0, 0.05) is 23.7 Å². The summed E-state index contributed by atoms with van der Waals surface area (Å²) in [6.45, 7) is 4.87. The van der Waals surface area contributed by atoms with Gasteiger partial charge in [0.15, 0.2) is 0 Å². The van der Waals surface area contributed by atoms with Crippen LogP contribution in [-0.4, -0.2) is 32.1 Å². The molecule has 1 aromatic carbocycles. The van der Waals surface area contributed by atoms with Crippen molar-refractivity contribution in [3.63, 3.8) is 0 Å². The lowest BCUT2D eigenvalue weighted by molar-refractivity contribution is -0.136. The number of nitrogens with zero attached hydrogens (tertiary/aromatic N) is 4. The van der Waals surface area contributed by atoms with Crippen molar-refractivity contribution in [2.24, 2.45) is 0 Å². The topological polar surface area (TPSA) is 64.2 Å². The van der Waals surface area contributed by atoms with E-state index in [0.717, 1.165) is 48.5 Å². The molecule has 1 amide bonds. The minimum atomic E-state index is -0.124. The molecule has 0 bridgehead atoms. The predicted octanol–water partition coefficient (Wildman–Crippen LogP) is 4.49. The number of likely N-dealkylation sites (tertiary alicyclic amines) is 1. The first-order chi connectivity index (χ1) is 14.0. The van der Waals surface area contributed by atoms with Crippen LogP contribution in [0, 0.1) is 13.8 Å². The van der Waals surface area contributed by atoms with Crippen molar-refractivity contribution in [3.8, 4) is 0 Å². The van der Waals surface area contributed by atoms with Gasteiger partial charge in [0.2, 0.25) is 11.8 Å². The number of hydrogen-bond donors (Lipinski definition) is 0. The molecule has 3 aromatic rings. The highest BCUT2D eigenvalue weighted by Crippen LogP contribution is 2.31. The molecule has 1 atom stereocenters. The molecule has 3 heterocycles. The van der Waals surface area contributed by atoms with Crippen molar-refractivity contribution >= 4 is 17.5 Å². The first-order valence-electron chi connectivity index (χ1n) is 9.99. The Kier molecular flexibility index (Phi) is 5.72. The summed E-state index contributed by atoms with van der Waals surface area (Å²) in [4.78, 5) is 19.4. The number of hydrogen-bond acceptors (Lipinski definition) is 4. The third kappa shape index (κ3) is 4.53. The van der Waals surface area contributed by atoms with Crippen molar-refractivity contribution in [1.82, 2.24) is 19.7 Å². The summed E-state index contributed by atoms with van der Waals surface area (Å²) < 4.78 is 7.82. The Balaban J connectivity index is 1.49. The van der Waals surface area contributed by atoms with Gasteiger partial charge in [-0.15, -0.1) is 0 Å². The minimum Gasteiger partial charge on any atom is -0.443 e. The lowest BCUT2D eigenvalue weighted by atomic mass is 10.0. The third-order valence-electron chi connectivity index (χ3n) is 5.34. The molecule has 7 heteroatoms. The van der Waals surface area contributed by atoms with Gasteiger partial charge in [0.05, 0.1) is 11.9 Å². The van der Waals surface area contributed by atoms with Gasteiger partial charge in [-0.1, -0.05) is 23.7 Å². The first-order valence-corrected chi connectivity index (χ1v) is 10.4. The fourth-order valence-electron chi connectivity index (χ4n) is 3.95. The second-order valence-corrected chi connectivity index (χ2v) is 8.09. The van der Waals surface area contributed by atoms with E-state index in [9.17, 15) is 4.79 Å². The van der Waals surface area contributed by atoms with Crippen LogP contribution in [0.15, 0.2) is 40.9 Å². The molecule has 4 rings (SSSR count). The molecule has 0 spiro atoms. The van der Waals surface area contributed by atoms with Crippen LogP contribution in [0.4, 0.5) is 0 Å². The molecular formula is C22H25ClN4O2. The molecule has 1 aliphatic heterocycles.